The van der Waals surface area contributed by atoms with Crippen molar-refractivity contribution in [1.29, 1.82) is 0 Å². The first-order valence-electron chi connectivity index (χ1n) is 9.53. The fraction of sp³-hybridized carbons (Fsp3) is 0.350. The fourth-order valence-corrected chi connectivity index (χ4v) is 3.97. The number of nitrogens with two attached hydrogens (primary N) is 1. The van der Waals surface area contributed by atoms with Crippen LogP contribution in [0.25, 0.3) is 0 Å². The van der Waals surface area contributed by atoms with Gasteiger partial charge in [-0.3, -0.25) is 14.9 Å². The number of nitrogens with zero attached hydrogens (tertiary/aromatic N) is 3. The fourth-order valence-electron chi connectivity index (χ4n) is 3.44. The summed E-state index contributed by atoms with van der Waals surface area (Å²) >= 11 is 0. The van der Waals surface area contributed by atoms with Crippen molar-refractivity contribution in [3.05, 3.63) is 63.7 Å². The van der Waals surface area contributed by atoms with Crippen molar-refractivity contribution in [3.63, 3.8) is 0 Å². The number of hydrogen-bond acceptors (Lipinski definition) is 6. The van der Waals surface area contributed by atoms with Gasteiger partial charge in [-0.15, -0.1) is 0 Å². The maximum Gasteiger partial charge on any atom is 0.293 e. The van der Waals surface area contributed by atoms with Crippen LogP contribution in [0.5, 0.6) is 0 Å². The lowest BCUT2D eigenvalue weighted by Gasteiger charge is -2.36. The summed E-state index contributed by atoms with van der Waals surface area (Å²) in [4.78, 5) is 26.8. The van der Waals surface area contributed by atoms with Gasteiger partial charge in [-0.1, -0.05) is 26.0 Å². The van der Waals surface area contributed by atoms with Gasteiger partial charge in [-0.2, -0.15) is 0 Å². The minimum Gasteiger partial charge on any atom is -0.362 e. The standard InChI is InChI=1S/C20H24N4O5S/c1-14(2)15-3-5-16(6-4-15)20(25)23-11-9-22(10-12-23)18-8-7-17(30(21,28)29)13-19(18)24(26)27/h3-8,13-14H,9-12H2,1-2H3,(H2,21,28,29). The largest absolute Gasteiger partial charge is 0.362 e. The predicted octanol–water partition coefficient (Wildman–Crippen LogP) is 2.33. The number of carbonyl (C=O) groups excluding carboxylic acids is 1. The van der Waals surface area contributed by atoms with Gasteiger partial charge in [0.2, 0.25) is 10.0 Å². The first-order valence-corrected chi connectivity index (χ1v) is 11.1. The van der Waals surface area contributed by atoms with Gasteiger partial charge in [0.25, 0.3) is 11.6 Å². The van der Waals surface area contributed by atoms with Gasteiger partial charge in [0.15, 0.2) is 0 Å². The molecule has 2 aromatic carbocycles. The van der Waals surface area contributed by atoms with Crippen molar-refractivity contribution in [2.45, 2.75) is 24.7 Å². The Labute approximate surface area is 175 Å². The van der Waals surface area contributed by atoms with Crippen LogP contribution in [0.1, 0.15) is 35.7 Å². The van der Waals surface area contributed by atoms with Gasteiger partial charge in [0, 0.05) is 37.8 Å². The van der Waals surface area contributed by atoms with E-state index in [0.717, 1.165) is 11.6 Å². The molecule has 9 nitrogen and oxygen atoms in total. The molecule has 0 aliphatic carbocycles. The van der Waals surface area contributed by atoms with E-state index in [1.165, 1.54) is 12.1 Å². The van der Waals surface area contributed by atoms with Crippen LogP contribution < -0.4 is 10.0 Å². The quantitative estimate of drug-likeness (QED) is 0.571. The zero-order valence-corrected chi connectivity index (χ0v) is 17.6. The van der Waals surface area contributed by atoms with E-state index >= 15 is 0 Å². The highest BCUT2D eigenvalue weighted by Crippen LogP contribution is 2.31. The van der Waals surface area contributed by atoms with Gasteiger partial charge in [-0.25, -0.2) is 13.6 Å². The van der Waals surface area contributed by atoms with Crippen molar-refractivity contribution in [2.75, 3.05) is 31.1 Å². The smallest absolute Gasteiger partial charge is 0.293 e. The molecule has 0 unspecified atom stereocenters. The van der Waals surface area contributed by atoms with Crippen LogP contribution in [-0.2, 0) is 10.0 Å². The number of hydrogen-bond donors (Lipinski definition) is 1. The molecule has 2 N–H and O–H groups in total. The van der Waals surface area contributed by atoms with Crippen LogP contribution in [0.2, 0.25) is 0 Å². The van der Waals surface area contributed by atoms with Crippen LogP contribution in [0.4, 0.5) is 11.4 Å². The summed E-state index contributed by atoms with van der Waals surface area (Å²) in [7, 11) is -4.04. The molecule has 0 atom stereocenters. The van der Waals surface area contributed by atoms with E-state index in [0.29, 0.717) is 43.3 Å². The Bertz CT molecular complexity index is 1060. The Morgan fingerprint density at radius 1 is 1.07 bits per heavy atom. The summed E-state index contributed by atoms with van der Waals surface area (Å²) in [6, 6.07) is 11.2. The number of nitro groups is 1. The van der Waals surface area contributed by atoms with Crippen LogP contribution in [0, 0.1) is 10.1 Å². The molecule has 0 aromatic heterocycles. The van der Waals surface area contributed by atoms with E-state index in [2.05, 4.69) is 13.8 Å². The minimum absolute atomic E-state index is 0.0796. The summed E-state index contributed by atoms with van der Waals surface area (Å²) in [5.74, 6) is 0.304. The Balaban J connectivity index is 1.73. The van der Waals surface area contributed by atoms with Gasteiger partial charge in [0.05, 0.1) is 9.82 Å². The number of rotatable bonds is 5. The second-order valence-corrected chi connectivity index (χ2v) is 9.07. The highest BCUT2D eigenvalue weighted by Gasteiger charge is 2.27. The van der Waals surface area contributed by atoms with Gasteiger partial charge >= 0.3 is 0 Å². The first kappa shape index (κ1) is 21.7. The Morgan fingerprint density at radius 3 is 2.17 bits per heavy atom. The van der Waals surface area contributed by atoms with E-state index in [4.69, 9.17) is 5.14 Å². The third-order valence-electron chi connectivity index (χ3n) is 5.20. The minimum atomic E-state index is -4.04. The van der Waals surface area contributed by atoms with E-state index in [1.807, 2.05) is 24.3 Å². The highest BCUT2D eigenvalue weighted by atomic mass is 32.2. The number of amides is 1. The average Bonchev–Trinajstić information content (AvgIpc) is 2.72. The molecule has 1 aliphatic heterocycles. The molecule has 0 spiro atoms. The highest BCUT2D eigenvalue weighted by molar-refractivity contribution is 7.89. The monoisotopic (exact) mass is 432 g/mol. The number of carbonyl (C=O) groups is 1. The molecule has 10 heteroatoms. The van der Waals surface area contributed by atoms with Crippen molar-refractivity contribution < 1.29 is 18.1 Å². The zero-order valence-electron chi connectivity index (χ0n) is 16.8. The number of anilines is 1. The molecule has 1 amide bonds. The van der Waals surface area contributed by atoms with E-state index in [1.54, 1.807) is 9.80 Å². The summed E-state index contributed by atoms with van der Waals surface area (Å²) < 4.78 is 23.0. The SMILES string of the molecule is CC(C)c1ccc(C(=O)N2CCN(c3ccc(S(N)(=O)=O)cc3[N+](=O)[O-])CC2)cc1. The summed E-state index contributed by atoms with van der Waals surface area (Å²) in [5.41, 5.74) is 1.74. The molecule has 30 heavy (non-hydrogen) atoms. The van der Waals surface area contributed by atoms with Gasteiger partial charge in [-0.05, 0) is 35.7 Å². The third kappa shape index (κ3) is 4.60. The summed E-state index contributed by atoms with van der Waals surface area (Å²) in [6.45, 7) is 5.77. The molecule has 2 aromatic rings. The molecule has 1 aliphatic rings. The summed E-state index contributed by atoms with van der Waals surface area (Å²) in [5, 5.41) is 16.5. The van der Waals surface area contributed by atoms with Gasteiger partial charge in [0.1, 0.15) is 5.69 Å². The Kier molecular flexibility index (Phi) is 6.09. The van der Waals surface area contributed by atoms with Crippen molar-refractivity contribution >= 4 is 27.3 Å². The zero-order chi connectivity index (χ0) is 22.1. The van der Waals surface area contributed by atoms with E-state index < -0.39 is 14.9 Å². The molecule has 0 saturated carbocycles. The van der Waals surface area contributed by atoms with E-state index in [9.17, 15) is 23.3 Å². The third-order valence-corrected chi connectivity index (χ3v) is 6.11. The maximum absolute atomic E-state index is 12.8. The summed E-state index contributed by atoms with van der Waals surface area (Å²) in [6.07, 6.45) is 0. The molecule has 3 rings (SSSR count). The lowest BCUT2D eigenvalue weighted by atomic mass is 10.0. The lowest BCUT2D eigenvalue weighted by Crippen LogP contribution is -2.49. The molecule has 1 fully saturated rings. The predicted molar refractivity (Wildman–Crippen MR) is 113 cm³/mol. The van der Waals surface area contributed by atoms with Crippen molar-refractivity contribution in [2.24, 2.45) is 5.14 Å². The average molecular weight is 433 g/mol. The topological polar surface area (TPSA) is 127 Å². The Hall–Kier alpha value is -2.98. The first-order chi connectivity index (χ1) is 14.1. The van der Waals surface area contributed by atoms with Crippen LogP contribution in [-0.4, -0.2) is 50.3 Å². The Morgan fingerprint density at radius 2 is 1.67 bits per heavy atom. The molecule has 1 heterocycles. The number of sulfonamides is 1. The molecular weight excluding hydrogens is 408 g/mol. The molecule has 0 bridgehead atoms. The maximum atomic E-state index is 12.8. The van der Waals surface area contributed by atoms with Crippen molar-refractivity contribution in [1.82, 2.24) is 4.90 Å². The van der Waals surface area contributed by atoms with E-state index in [-0.39, 0.29) is 16.5 Å². The van der Waals surface area contributed by atoms with Crippen LogP contribution in [0.3, 0.4) is 0 Å². The number of primary sulfonamides is 1. The van der Waals surface area contributed by atoms with Crippen LogP contribution >= 0.6 is 0 Å². The normalized spacial score (nSPS) is 14.8. The molecule has 0 radical (unpaired) electrons. The number of benzene rings is 2. The van der Waals surface area contributed by atoms with Crippen molar-refractivity contribution in [3.8, 4) is 0 Å². The van der Waals surface area contributed by atoms with Gasteiger partial charge < -0.3 is 9.80 Å². The molecular formula is C20H24N4O5S. The second-order valence-electron chi connectivity index (χ2n) is 7.51. The van der Waals surface area contributed by atoms with Crippen LogP contribution in [0.15, 0.2) is 47.4 Å². The molecule has 1 saturated heterocycles. The molecule has 160 valence electrons. The number of piperazine rings is 1. The second kappa shape index (κ2) is 8.41. The number of nitro benzene ring substituents is 1. The lowest BCUT2D eigenvalue weighted by molar-refractivity contribution is -0.384.